The van der Waals surface area contributed by atoms with Crippen molar-refractivity contribution in [1.82, 2.24) is 19.6 Å². The van der Waals surface area contributed by atoms with E-state index in [1.54, 1.807) is 18.4 Å². The molecule has 4 aromatic rings. The molecule has 1 fully saturated rings. The van der Waals surface area contributed by atoms with E-state index in [2.05, 4.69) is 28.3 Å². The van der Waals surface area contributed by atoms with E-state index in [4.69, 9.17) is 9.84 Å². The Morgan fingerprint density at radius 1 is 1.14 bits per heavy atom. The predicted molar refractivity (Wildman–Crippen MR) is 113 cm³/mol. The lowest BCUT2D eigenvalue weighted by Crippen LogP contribution is -2.29. The van der Waals surface area contributed by atoms with Crippen molar-refractivity contribution in [2.24, 2.45) is 0 Å². The molecule has 6 nitrogen and oxygen atoms in total. The van der Waals surface area contributed by atoms with Crippen LogP contribution in [0.5, 0.6) is 0 Å². The summed E-state index contributed by atoms with van der Waals surface area (Å²) in [6.45, 7) is 2.10. The van der Waals surface area contributed by atoms with Gasteiger partial charge in [0.25, 0.3) is 0 Å². The van der Waals surface area contributed by atoms with Crippen molar-refractivity contribution in [3.05, 3.63) is 42.4 Å². The van der Waals surface area contributed by atoms with Gasteiger partial charge >= 0.3 is 0 Å². The van der Waals surface area contributed by atoms with Gasteiger partial charge in [-0.25, -0.2) is 9.50 Å². The number of hydrogen-bond acceptors (Lipinski definition) is 6. The third-order valence-corrected chi connectivity index (χ3v) is 6.88. The number of nitrogens with one attached hydrogen (secondary N) is 1. The largest absolute Gasteiger partial charge is 0.381 e. The van der Waals surface area contributed by atoms with Crippen LogP contribution in [0, 0.1) is 6.92 Å². The van der Waals surface area contributed by atoms with Crippen molar-refractivity contribution in [3.8, 4) is 10.6 Å². The van der Waals surface area contributed by atoms with Crippen LogP contribution >= 0.6 is 11.3 Å². The molecule has 28 heavy (non-hydrogen) atoms. The molecule has 5 rings (SSSR count). The topological polar surface area (TPSA) is 64.3 Å². The standard InChI is InChI=1S/C21H23N5OS/c1-13-10-22-11-14-9-18(28-21(13)14)17-12-23-20-8-7-19(25-26(17)20)24-15-3-5-16(27-2)6-4-15/h7-12,15-16H,3-6H2,1-2H3,(H,24,25). The Kier molecular flexibility index (Phi) is 4.49. The van der Waals surface area contributed by atoms with Crippen molar-refractivity contribution in [2.75, 3.05) is 12.4 Å². The zero-order chi connectivity index (χ0) is 19.1. The average molecular weight is 394 g/mol. The molecule has 4 aromatic heterocycles. The number of ether oxygens (including phenoxy) is 1. The molecular formula is C21H23N5OS. The molecule has 1 N–H and O–H groups in total. The Morgan fingerprint density at radius 2 is 2.00 bits per heavy atom. The number of rotatable bonds is 4. The van der Waals surface area contributed by atoms with E-state index in [1.807, 2.05) is 35.2 Å². The highest BCUT2D eigenvalue weighted by Gasteiger charge is 2.21. The summed E-state index contributed by atoms with van der Waals surface area (Å²) in [6.07, 6.45) is 10.6. The molecule has 0 spiro atoms. The van der Waals surface area contributed by atoms with Gasteiger partial charge in [0, 0.05) is 35.6 Å². The minimum Gasteiger partial charge on any atom is -0.381 e. The lowest BCUT2D eigenvalue weighted by atomic mass is 9.93. The van der Waals surface area contributed by atoms with Gasteiger partial charge in [0.05, 0.1) is 17.2 Å². The third kappa shape index (κ3) is 3.14. The number of imidazole rings is 1. The molecule has 0 saturated heterocycles. The fourth-order valence-corrected chi connectivity index (χ4v) is 5.09. The molecular weight excluding hydrogens is 370 g/mol. The molecule has 0 radical (unpaired) electrons. The van der Waals surface area contributed by atoms with E-state index in [9.17, 15) is 0 Å². The minimum atomic E-state index is 0.402. The number of anilines is 1. The summed E-state index contributed by atoms with van der Waals surface area (Å²) in [5, 5.41) is 9.61. The van der Waals surface area contributed by atoms with Gasteiger partial charge in [0.2, 0.25) is 0 Å². The summed E-state index contributed by atoms with van der Waals surface area (Å²) in [5.41, 5.74) is 3.07. The molecule has 4 heterocycles. The Balaban J connectivity index is 1.45. The van der Waals surface area contributed by atoms with Gasteiger partial charge < -0.3 is 10.1 Å². The lowest BCUT2D eigenvalue weighted by Gasteiger charge is -2.28. The summed E-state index contributed by atoms with van der Waals surface area (Å²) < 4.78 is 8.68. The summed E-state index contributed by atoms with van der Waals surface area (Å²) in [6, 6.07) is 6.67. The minimum absolute atomic E-state index is 0.402. The molecule has 0 amide bonds. The zero-order valence-corrected chi connectivity index (χ0v) is 16.9. The number of methoxy groups -OCH3 is 1. The first-order chi connectivity index (χ1) is 13.7. The van der Waals surface area contributed by atoms with Gasteiger partial charge in [0.1, 0.15) is 11.5 Å². The normalized spacial score (nSPS) is 20.1. The van der Waals surface area contributed by atoms with Crippen LogP contribution in [0.25, 0.3) is 26.3 Å². The van der Waals surface area contributed by atoms with Gasteiger partial charge in [-0.2, -0.15) is 0 Å². The zero-order valence-electron chi connectivity index (χ0n) is 16.1. The molecule has 144 valence electrons. The van der Waals surface area contributed by atoms with Crippen molar-refractivity contribution in [1.29, 1.82) is 0 Å². The second-order valence-electron chi connectivity index (χ2n) is 7.47. The molecule has 1 aliphatic carbocycles. The lowest BCUT2D eigenvalue weighted by molar-refractivity contribution is 0.0681. The number of aromatic nitrogens is 4. The first-order valence-electron chi connectivity index (χ1n) is 9.70. The summed E-state index contributed by atoms with van der Waals surface area (Å²) >= 11 is 1.77. The first-order valence-corrected chi connectivity index (χ1v) is 10.5. The number of hydrogen-bond donors (Lipinski definition) is 1. The SMILES string of the molecule is COC1CCC(Nc2ccc3ncc(-c4cc5cncc(C)c5s4)n3n2)CC1. The Hall–Kier alpha value is -2.51. The highest BCUT2D eigenvalue weighted by Crippen LogP contribution is 2.35. The fraction of sp³-hybridized carbons (Fsp3) is 0.381. The van der Waals surface area contributed by atoms with Crippen molar-refractivity contribution in [2.45, 2.75) is 44.8 Å². The van der Waals surface area contributed by atoms with E-state index in [0.717, 1.165) is 47.7 Å². The van der Waals surface area contributed by atoms with E-state index in [1.165, 1.54) is 15.6 Å². The van der Waals surface area contributed by atoms with E-state index < -0.39 is 0 Å². The molecule has 1 saturated carbocycles. The molecule has 0 unspecified atom stereocenters. The third-order valence-electron chi connectivity index (χ3n) is 5.58. The maximum absolute atomic E-state index is 5.48. The van der Waals surface area contributed by atoms with Crippen LogP contribution in [0.4, 0.5) is 5.82 Å². The van der Waals surface area contributed by atoms with Crippen LogP contribution in [0.15, 0.2) is 36.8 Å². The highest BCUT2D eigenvalue weighted by atomic mass is 32.1. The van der Waals surface area contributed by atoms with Crippen LogP contribution < -0.4 is 5.32 Å². The van der Waals surface area contributed by atoms with Gasteiger partial charge in [-0.1, -0.05) is 0 Å². The number of nitrogens with zero attached hydrogens (tertiary/aromatic N) is 4. The van der Waals surface area contributed by atoms with Gasteiger partial charge in [0.15, 0.2) is 5.65 Å². The molecule has 7 heteroatoms. The van der Waals surface area contributed by atoms with Crippen LogP contribution in [-0.2, 0) is 4.74 Å². The van der Waals surface area contributed by atoms with Gasteiger partial charge in [-0.05, 0) is 56.4 Å². The molecule has 0 atom stereocenters. The van der Waals surface area contributed by atoms with Crippen LogP contribution in [0.3, 0.4) is 0 Å². The maximum Gasteiger partial charge on any atom is 0.154 e. The maximum atomic E-state index is 5.48. The van der Waals surface area contributed by atoms with Crippen LogP contribution in [0.1, 0.15) is 31.2 Å². The van der Waals surface area contributed by atoms with Crippen molar-refractivity contribution < 1.29 is 4.74 Å². The number of pyridine rings is 1. The summed E-state index contributed by atoms with van der Waals surface area (Å²) in [5.74, 6) is 0.895. The van der Waals surface area contributed by atoms with Gasteiger partial charge in [-0.15, -0.1) is 16.4 Å². The monoisotopic (exact) mass is 393 g/mol. The van der Waals surface area contributed by atoms with E-state index >= 15 is 0 Å². The Morgan fingerprint density at radius 3 is 2.79 bits per heavy atom. The first kappa shape index (κ1) is 17.6. The van der Waals surface area contributed by atoms with Crippen molar-refractivity contribution in [3.63, 3.8) is 0 Å². The molecule has 0 aromatic carbocycles. The second kappa shape index (κ2) is 7.14. The Bertz CT molecular complexity index is 1130. The molecule has 1 aliphatic rings. The van der Waals surface area contributed by atoms with E-state index in [0.29, 0.717) is 12.1 Å². The summed E-state index contributed by atoms with van der Waals surface area (Å²) in [4.78, 5) is 10.0. The number of fused-ring (bicyclic) bond motifs is 2. The van der Waals surface area contributed by atoms with E-state index in [-0.39, 0.29) is 0 Å². The average Bonchev–Trinajstić information content (AvgIpc) is 3.33. The van der Waals surface area contributed by atoms with Gasteiger partial charge in [-0.3, -0.25) is 4.98 Å². The van der Waals surface area contributed by atoms with Crippen LogP contribution in [-0.4, -0.2) is 38.8 Å². The Labute approximate surface area is 167 Å². The van der Waals surface area contributed by atoms with Crippen LogP contribution in [0.2, 0.25) is 0 Å². The summed E-state index contributed by atoms with van der Waals surface area (Å²) in [7, 11) is 1.81. The predicted octanol–water partition coefficient (Wildman–Crippen LogP) is 4.68. The second-order valence-corrected chi connectivity index (χ2v) is 8.52. The van der Waals surface area contributed by atoms with Crippen molar-refractivity contribution >= 4 is 32.9 Å². The molecule has 0 aliphatic heterocycles. The quantitative estimate of drug-likeness (QED) is 0.545. The highest BCUT2D eigenvalue weighted by molar-refractivity contribution is 7.22. The fourth-order valence-electron chi connectivity index (χ4n) is 3.99. The smallest absolute Gasteiger partial charge is 0.154 e. The molecule has 0 bridgehead atoms. The number of thiophene rings is 1. The number of aryl methyl sites for hydroxylation is 1.